The van der Waals surface area contributed by atoms with Gasteiger partial charge in [0.15, 0.2) is 5.96 Å². The number of rotatable bonds is 1. The summed E-state index contributed by atoms with van der Waals surface area (Å²) in [5.74, 6) is 0.581. The Bertz CT molecular complexity index is 447. The molecule has 1 aliphatic carbocycles. The molecule has 86 valence electrons. The number of nitrogens with zero attached hydrogens (tertiary/aromatic N) is 1. The zero-order chi connectivity index (χ0) is 11.1. The fraction of sp³-hybridized carbons (Fsp3) is 0.583. The molecule has 0 radical (unpaired) electrons. The van der Waals surface area contributed by atoms with Gasteiger partial charge in [-0.25, -0.2) is 4.99 Å². The summed E-state index contributed by atoms with van der Waals surface area (Å²) >= 11 is 1.89. The lowest BCUT2D eigenvalue weighted by molar-refractivity contribution is 0.653. The number of anilines is 1. The molecule has 3 nitrogen and oxygen atoms in total. The number of nitrogens with two attached hydrogens (primary N) is 1. The van der Waals surface area contributed by atoms with E-state index < -0.39 is 0 Å². The van der Waals surface area contributed by atoms with Gasteiger partial charge in [-0.15, -0.1) is 11.3 Å². The average molecular weight is 235 g/mol. The van der Waals surface area contributed by atoms with Crippen LogP contribution in [0.4, 0.5) is 5.00 Å². The maximum Gasteiger partial charge on any atom is 0.194 e. The van der Waals surface area contributed by atoms with Gasteiger partial charge < -0.3 is 11.1 Å². The van der Waals surface area contributed by atoms with Gasteiger partial charge >= 0.3 is 0 Å². The number of hydrogen-bond acceptors (Lipinski definition) is 4. The second kappa shape index (κ2) is 3.77. The van der Waals surface area contributed by atoms with E-state index in [9.17, 15) is 0 Å². The molecule has 1 unspecified atom stereocenters. The quantitative estimate of drug-likeness (QED) is 0.786. The first-order valence-corrected chi connectivity index (χ1v) is 6.86. The van der Waals surface area contributed by atoms with Crippen molar-refractivity contribution in [3.63, 3.8) is 0 Å². The molecule has 0 bridgehead atoms. The number of aryl methyl sites for hydroxylation is 1. The maximum atomic E-state index is 5.82. The minimum Gasteiger partial charge on any atom is -0.370 e. The number of thiophene rings is 1. The van der Waals surface area contributed by atoms with Gasteiger partial charge in [-0.1, -0.05) is 6.92 Å². The first-order chi connectivity index (χ1) is 7.79. The molecular formula is C12H17N3S. The van der Waals surface area contributed by atoms with Crippen LogP contribution in [-0.2, 0) is 12.8 Å². The molecule has 1 aromatic rings. The van der Waals surface area contributed by atoms with Crippen molar-refractivity contribution in [3.05, 3.63) is 16.0 Å². The zero-order valence-corrected chi connectivity index (χ0v) is 10.4. The molecule has 0 spiro atoms. The molecule has 3 N–H and O–H groups in total. The minimum absolute atomic E-state index is 0.286. The van der Waals surface area contributed by atoms with Crippen molar-refractivity contribution in [3.8, 4) is 0 Å². The molecule has 16 heavy (non-hydrogen) atoms. The van der Waals surface area contributed by atoms with Crippen LogP contribution >= 0.6 is 11.3 Å². The normalized spacial score (nSPS) is 23.1. The van der Waals surface area contributed by atoms with Crippen molar-refractivity contribution in [1.29, 1.82) is 0 Å². The smallest absolute Gasteiger partial charge is 0.194 e. The van der Waals surface area contributed by atoms with E-state index >= 15 is 0 Å². The molecule has 1 aromatic heterocycles. The van der Waals surface area contributed by atoms with E-state index in [1.807, 2.05) is 11.3 Å². The Hall–Kier alpha value is -1.03. The lowest BCUT2D eigenvalue weighted by atomic mass is 9.91. The summed E-state index contributed by atoms with van der Waals surface area (Å²) in [5.41, 5.74) is 8.83. The van der Waals surface area contributed by atoms with Crippen LogP contribution in [0.25, 0.3) is 0 Å². The summed E-state index contributed by atoms with van der Waals surface area (Å²) < 4.78 is 0. The zero-order valence-electron chi connectivity index (χ0n) is 9.55. The minimum atomic E-state index is 0.286. The molecule has 0 saturated heterocycles. The van der Waals surface area contributed by atoms with Crippen molar-refractivity contribution in [2.75, 3.05) is 5.32 Å². The number of fused-ring (bicyclic) bond motifs is 3. The topological polar surface area (TPSA) is 50.4 Å². The Balaban J connectivity index is 2.10. The Kier molecular flexibility index (Phi) is 2.39. The average Bonchev–Trinajstić information content (AvgIpc) is 2.65. The molecule has 0 amide bonds. The highest BCUT2D eigenvalue weighted by atomic mass is 32.1. The Morgan fingerprint density at radius 1 is 1.44 bits per heavy atom. The summed E-state index contributed by atoms with van der Waals surface area (Å²) in [6, 6.07) is 0.286. The summed E-state index contributed by atoms with van der Waals surface area (Å²) in [7, 11) is 0. The molecule has 0 aromatic carbocycles. The largest absolute Gasteiger partial charge is 0.370 e. The maximum absolute atomic E-state index is 5.82. The van der Waals surface area contributed by atoms with Gasteiger partial charge in [-0.2, -0.15) is 0 Å². The fourth-order valence-electron chi connectivity index (χ4n) is 2.71. The van der Waals surface area contributed by atoms with Crippen LogP contribution in [0, 0.1) is 0 Å². The van der Waals surface area contributed by atoms with Gasteiger partial charge in [0.1, 0.15) is 5.00 Å². The second-order valence-corrected chi connectivity index (χ2v) is 5.62. The molecule has 2 aliphatic rings. The van der Waals surface area contributed by atoms with Gasteiger partial charge in [0.25, 0.3) is 0 Å². The first-order valence-electron chi connectivity index (χ1n) is 6.04. The SMILES string of the molecule is CCC1N=C(N)Nc2sc3c(c21)CCCC3. The predicted molar refractivity (Wildman–Crippen MR) is 69.2 cm³/mol. The number of nitrogens with one attached hydrogen (secondary N) is 1. The van der Waals surface area contributed by atoms with Gasteiger partial charge in [0.05, 0.1) is 6.04 Å². The lowest BCUT2D eigenvalue weighted by Crippen LogP contribution is -2.27. The van der Waals surface area contributed by atoms with Crippen LogP contribution in [0.15, 0.2) is 4.99 Å². The molecule has 0 saturated carbocycles. The van der Waals surface area contributed by atoms with Crippen molar-refractivity contribution in [1.82, 2.24) is 0 Å². The third kappa shape index (κ3) is 1.44. The van der Waals surface area contributed by atoms with Gasteiger partial charge in [0, 0.05) is 10.4 Å². The summed E-state index contributed by atoms with van der Waals surface area (Å²) in [6.07, 6.45) is 6.17. The lowest BCUT2D eigenvalue weighted by Gasteiger charge is -2.21. The van der Waals surface area contributed by atoms with Crippen LogP contribution in [-0.4, -0.2) is 5.96 Å². The van der Waals surface area contributed by atoms with E-state index in [-0.39, 0.29) is 6.04 Å². The second-order valence-electron chi connectivity index (χ2n) is 4.52. The molecule has 2 heterocycles. The predicted octanol–water partition coefficient (Wildman–Crippen LogP) is 2.82. The molecule has 3 rings (SSSR count). The number of hydrogen-bond donors (Lipinski definition) is 2. The molecule has 4 heteroatoms. The van der Waals surface area contributed by atoms with E-state index in [2.05, 4.69) is 17.2 Å². The monoisotopic (exact) mass is 235 g/mol. The van der Waals surface area contributed by atoms with Crippen LogP contribution in [0.1, 0.15) is 48.2 Å². The highest BCUT2D eigenvalue weighted by molar-refractivity contribution is 7.16. The Labute approximate surface area is 99.8 Å². The summed E-state index contributed by atoms with van der Waals surface area (Å²) in [4.78, 5) is 6.07. The van der Waals surface area contributed by atoms with E-state index in [4.69, 9.17) is 5.73 Å². The third-order valence-corrected chi connectivity index (χ3v) is 4.69. The third-order valence-electron chi connectivity index (χ3n) is 3.47. The van der Waals surface area contributed by atoms with E-state index in [0.717, 1.165) is 6.42 Å². The first kappa shape index (κ1) is 10.1. The summed E-state index contributed by atoms with van der Waals surface area (Å²) in [5, 5.41) is 4.48. The Morgan fingerprint density at radius 2 is 2.25 bits per heavy atom. The standard InChI is InChI=1S/C12H17N3S/c1-2-8-10-7-5-3-4-6-9(7)16-11(10)15-12(13)14-8/h8H,2-6H2,1H3,(H3,13,14,15). The molecule has 1 atom stereocenters. The van der Waals surface area contributed by atoms with Crippen LogP contribution in [0.2, 0.25) is 0 Å². The van der Waals surface area contributed by atoms with E-state index in [1.165, 1.54) is 36.2 Å². The highest BCUT2D eigenvalue weighted by Crippen LogP contribution is 2.44. The molecule has 1 aliphatic heterocycles. The Morgan fingerprint density at radius 3 is 3.06 bits per heavy atom. The fourth-order valence-corrected chi connectivity index (χ4v) is 4.06. The van der Waals surface area contributed by atoms with Crippen molar-refractivity contribution in [2.24, 2.45) is 10.7 Å². The number of guanidine groups is 1. The van der Waals surface area contributed by atoms with Crippen LogP contribution in [0.3, 0.4) is 0 Å². The van der Waals surface area contributed by atoms with Crippen LogP contribution in [0.5, 0.6) is 0 Å². The van der Waals surface area contributed by atoms with Crippen molar-refractivity contribution < 1.29 is 0 Å². The summed E-state index contributed by atoms with van der Waals surface area (Å²) in [6.45, 7) is 2.18. The van der Waals surface area contributed by atoms with Gasteiger partial charge in [0.2, 0.25) is 0 Å². The molecule has 0 fully saturated rings. The van der Waals surface area contributed by atoms with Gasteiger partial charge in [-0.3, -0.25) is 0 Å². The van der Waals surface area contributed by atoms with Crippen molar-refractivity contribution in [2.45, 2.75) is 45.1 Å². The van der Waals surface area contributed by atoms with E-state index in [1.54, 1.807) is 10.4 Å². The number of aliphatic imine (C=N–C) groups is 1. The van der Waals surface area contributed by atoms with Gasteiger partial charge in [-0.05, 0) is 37.7 Å². The molecular weight excluding hydrogens is 218 g/mol. The highest BCUT2D eigenvalue weighted by Gasteiger charge is 2.28. The van der Waals surface area contributed by atoms with E-state index in [0.29, 0.717) is 5.96 Å². The van der Waals surface area contributed by atoms with Crippen LogP contribution < -0.4 is 11.1 Å². The van der Waals surface area contributed by atoms with Crippen molar-refractivity contribution >= 4 is 22.3 Å².